The fourth-order valence-corrected chi connectivity index (χ4v) is 3.02. The van der Waals surface area contributed by atoms with Crippen LogP contribution in [0.15, 0.2) is 69.9 Å². The van der Waals surface area contributed by atoms with Crippen LogP contribution in [0.2, 0.25) is 0 Å². The molecule has 0 fully saturated rings. The van der Waals surface area contributed by atoms with Gasteiger partial charge in [-0.15, -0.1) is 0 Å². The number of benzene rings is 2. The Hall–Kier alpha value is -4.32. The average molecular weight is 423 g/mol. The minimum absolute atomic E-state index is 0.0601. The lowest BCUT2D eigenvalue weighted by molar-refractivity contribution is -0.137. The van der Waals surface area contributed by atoms with Crippen molar-refractivity contribution in [2.45, 2.75) is 6.18 Å². The van der Waals surface area contributed by atoms with Gasteiger partial charge in [0.1, 0.15) is 17.4 Å². The van der Waals surface area contributed by atoms with E-state index in [9.17, 15) is 28.3 Å². The molecule has 2 heterocycles. The summed E-state index contributed by atoms with van der Waals surface area (Å²) in [6, 6.07) is 15.4. The first-order valence-electron chi connectivity index (χ1n) is 8.88. The summed E-state index contributed by atoms with van der Waals surface area (Å²) in [4.78, 5) is 18.9. The van der Waals surface area contributed by atoms with Gasteiger partial charge in [0.15, 0.2) is 17.3 Å². The first-order chi connectivity index (χ1) is 14.8. The zero-order valence-corrected chi connectivity index (χ0v) is 15.6. The summed E-state index contributed by atoms with van der Waals surface area (Å²) in [5, 5.41) is 20.4. The Labute approximate surface area is 172 Å². The molecule has 154 valence electrons. The van der Waals surface area contributed by atoms with Crippen molar-refractivity contribution in [2.24, 2.45) is 0 Å². The maximum absolute atomic E-state index is 12.9. The van der Waals surface area contributed by atoms with Gasteiger partial charge >= 0.3 is 6.18 Å². The van der Waals surface area contributed by atoms with E-state index in [4.69, 9.17) is 4.42 Å². The molecule has 2 aromatic carbocycles. The summed E-state index contributed by atoms with van der Waals surface area (Å²) in [6.07, 6.45) is -4.52. The topological polar surface area (TPSA) is 103 Å². The van der Waals surface area contributed by atoms with Gasteiger partial charge in [-0.3, -0.25) is 4.79 Å². The molecule has 0 spiro atoms. The summed E-state index contributed by atoms with van der Waals surface area (Å²) in [6.45, 7) is 0. The van der Waals surface area contributed by atoms with E-state index in [2.05, 4.69) is 9.97 Å². The number of aromatic amines is 1. The lowest BCUT2D eigenvalue weighted by atomic mass is 10.1. The Balaban J connectivity index is 1.78. The van der Waals surface area contributed by atoms with Gasteiger partial charge in [0.2, 0.25) is 0 Å². The number of furan rings is 1. The van der Waals surface area contributed by atoms with Crippen LogP contribution >= 0.6 is 0 Å². The molecule has 31 heavy (non-hydrogen) atoms. The number of rotatable bonds is 3. The smallest absolute Gasteiger partial charge is 0.416 e. The van der Waals surface area contributed by atoms with Crippen LogP contribution in [-0.2, 0) is 6.18 Å². The van der Waals surface area contributed by atoms with E-state index >= 15 is 0 Å². The number of allylic oxidation sites excluding steroid dienone is 1. The number of halogens is 3. The average Bonchev–Trinajstić information content (AvgIpc) is 3.24. The number of aromatic nitrogens is 2. The first-order valence-corrected chi connectivity index (χ1v) is 8.88. The Morgan fingerprint density at radius 3 is 2.61 bits per heavy atom. The van der Waals surface area contributed by atoms with Crippen LogP contribution in [0.3, 0.4) is 0 Å². The zero-order chi connectivity index (χ0) is 22.2. The molecule has 0 unspecified atom stereocenters. The molecule has 4 rings (SSSR count). The monoisotopic (exact) mass is 423 g/mol. The molecular weight excluding hydrogens is 411 g/mol. The Kier molecular flexibility index (Phi) is 4.83. The van der Waals surface area contributed by atoms with Gasteiger partial charge in [0.05, 0.1) is 16.5 Å². The molecule has 0 aliphatic heterocycles. The number of fused-ring (bicyclic) bond motifs is 1. The highest BCUT2D eigenvalue weighted by Crippen LogP contribution is 2.34. The largest absolute Gasteiger partial charge is 0.503 e. The molecule has 0 saturated carbocycles. The molecule has 9 heteroatoms. The van der Waals surface area contributed by atoms with E-state index in [-0.39, 0.29) is 28.5 Å². The fourth-order valence-electron chi connectivity index (χ4n) is 3.02. The maximum Gasteiger partial charge on any atom is 0.416 e. The number of para-hydroxylation sites is 1. The van der Waals surface area contributed by atoms with E-state index in [0.717, 1.165) is 12.1 Å². The predicted octanol–water partition coefficient (Wildman–Crippen LogP) is 5.15. The summed E-state index contributed by atoms with van der Waals surface area (Å²) in [7, 11) is 0. The number of nitriles is 1. The van der Waals surface area contributed by atoms with Gasteiger partial charge < -0.3 is 14.5 Å². The molecule has 0 saturated heterocycles. The van der Waals surface area contributed by atoms with Crippen LogP contribution in [0.1, 0.15) is 17.1 Å². The molecule has 0 bridgehead atoms. The molecule has 2 N–H and O–H groups in total. The van der Waals surface area contributed by atoms with Crippen LogP contribution in [0.25, 0.3) is 33.6 Å². The first kappa shape index (κ1) is 20.0. The highest BCUT2D eigenvalue weighted by Gasteiger charge is 2.30. The number of hydrogen-bond donors (Lipinski definition) is 2. The summed E-state index contributed by atoms with van der Waals surface area (Å²) in [5.41, 5.74) is -1.23. The van der Waals surface area contributed by atoms with E-state index in [1.807, 2.05) is 0 Å². The predicted molar refractivity (Wildman–Crippen MR) is 107 cm³/mol. The van der Waals surface area contributed by atoms with E-state index in [1.165, 1.54) is 24.3 Å². The number of alkyl halides is 3. The van der Waals surface area contributed by atoms with Gasteiger partial charge in [-0.25, -0.2) is 4.98 Å². The van der Waals surface area contributed by atoms with Gasteiger partial charge in [-0.1, -0.05) is 24.3 Å². The number of hydrogen-bond acceptors (Lipinski definition) is 5. The van der Waals surface area contributed by atoms with E-state index in [0.29, 0.717) is 10.9 Å². The van der Waals surface area contributed by atoms with Crippen molar-refractivity contribution < 1.29 is 22.7 Å². The second-order valence-corrected chi connectivity index (χ2v) is 6.51. The Morgan fingerprint density at radius 1 is 1.10 bits per heavy atom. The molecule has 0 aliphatic carbocycles. The van der Waals surface area contributed by atoms with Crippen molar-refractivity contribution in [1.82, 2.24) is 9.97 Å². The third-order valence-corrected chi connectivity index (χ3v) is 4.51. The van der Waals surface area contributed by atoms with Crippen LogP contribution in [0, 0.1) is 11.3 Å². The van der Waals surface area contributed by atoms with Crippen LogP contribution < -0.4 is 5.56 Å². The number of aliphatic hydroxyl groups is 1. The molecule has 2 aromatic heterocycles. The zero-order valence-electron chi connectivity index (χ0n) is 15.6. The summed E-state index contributed by atoms with van der Waals surface area (Å²) < 4.78 is 44.3. The fraction of sp³-hybridized carbons (Fsp3) is 0.0455. The number of nitrogens with one attached hydrogen (secondary N) is 1. The molecular formula is C22H12F3N3O3. The van der Waals surface area contributed by atoms with Crippen LogP contribution in [0.4, 0.5) is 13.2 Å². The molecule has 0 aliphatic rings. The number of nitrogens with zero attached hydrogens (tertiary/aromatic N) is 2. The lowest BCUT2D eigenvalue weighted by Crippen LogP contribution is -2.11. The Morgan fingerprint density at radius 2 is 1.87 bits per heavy atom. The summed E-state index contributed by atoms with van der Waals surface area (Å²) >= 11 is 0. The van der Waals surface area contributed by atoms with Gasteiger partial charge in [-0.2, -0.15) is 18.4 Å². The van der Waals surface area contributed by atoms with Crippen molar-refractivity contribution in [3.63, 3.8) is 0 Å². The Bertz CT molecular complexity index is 1430. The quantitative estimate of drug-likeness (QED) is 0.350. The van der Waals surface area contributed by atoms with E-state index < -0.39 is 23.1 Å². The summed E-state index contributed by atoms with van der Waals surface area (Å²) in [5.74, 6) is -0.885. The van der Waals surface area contributed by atoms with Crippen molar-refractivity contribution in [3.8, 4) is 17.4 Å². The van der Waals surface area contributed by atoms with Crippen LogP contribution in [-0.4, -0.2) is 15.1 Å². The minimum atomic E-state index is -4.52. The molecule has 0 atom stereocenters. The standard InChI is InChI=1S/C22H12F3N3O3/c23-22(24,25)13-5-3-4-12(10-13)17-8-9-18(31-17)19(29)15(11-26)20-27-16-7-2-1-6-14(16)21(30)28-20/h1-10,29H,(H,27,28,30). The highest BCUT2D eigenvalue weighted by atomic mass is 19.4. The normalized spacial score (nSPS) is 12.5. The van der Waals surface area contributed by atoms with E-state index in [1.54, 1.807) is 30.3 Å². The second kappa shape index (κ2) is 7.50. The SMILES string of the molecule is N#CC(=C(O)c1ccc(-c2cccc(C(F)(F)F)c2)o1)c1nc2ccccc2c(=O)[nH]1. The van der Waals surface area contributed by atoms with Crippen molar-refractivity contribution in [1.29, 1.82) is 5.26 Å². The van der Waals surface area contributed by atoms with Gasteiger partial charge in [-0.05, 0) is 36.4 Å². The van der Waals surface area contributed by atoms with Crippen molar-refractivity contribution in [2.75, 3.05) is 0 Å². The molecule has 6 nitrogen and oxygen atoms in total. The van der Waals surface area contributed by atoms with Crippen molar-refractivity contribution in [3.05, 3.63) is 88.2 Å². The second-order valence-electron chi connectivity index (χ2n) is 6.51. The number of H-pyrrole nitrogens is 1. The third kappa shape index (κ3) is 3.79. The van der Waals surface area contributed by atoms with Gasteiger partial charge in [0.25, 0.3) is 5.56 Å². The molecule has 0 amide bonds. The van der Waals surface area contributed by atoms with Crippen molar-refractivity contribution >= 4 is 22.2 Å². The van der Waals surface area contributed by atoms with Gasteiger partial charge in [0, 0.05) is 5.56 Å². The maximum atomic E-state index is 12.9. The molecule has 4 aromatic rings. The minimum Gasteiger partial charge on any atom is -0.503 e. The molecule has 0 radical (unpaired) electrons. The number of aliphatic hydroxyl groups excluding tert-OH is 1. The van der Waals surface area contributed by atoms with Crippen LogP contribution in [0.5, 0.6) is 0 Å². The lowest BCUT2D eigenvalue weighted by Gasteiger charge is -2.07. The highest BCUT2D eigenvalue weighted by molar-refractivity contribution is 5.92. The third-order valence-electron chi connectivity index (χ3n) is 4.51.